The van der Waals surface area contributed by atoms with Crippen LogP contribution < -0.4 is 11.1 Å². The van der Waals surface area contributed by atoms with Crippen molar-refractivity contribution in [3.8, 4) is 0 Å². The van der Waals surface area contributed by atoms with E-state index >= 15 is 0 Å². The Labute approximate surface area is 107 Å². The van der Waals surface area contributed by atoms with Crippen molar-refractivity contribution in [2.24, 2.45) is 5.73 Å². The molecule has 17 heavy (non-hydrogen) atoms. The van der Waals surface area contributed by atoms with Crippen molar-refractivity contribution in [2.45, 2.75) is 6.42 Å². The van der Waals surface area contributed by atoms with E-state index in [0.717, 1.165) is 18.1 Å². The second-order valence-electron chi connectivity index (χ2n) is 3.66. The molecule has 0 aromatic heterocycles. The fourth-order valence-electron chi connectivity index (χ4n) is 0.946. The quantitative estimate of drug-likeness (QED) is 0.506. The monoisotopic (exact) mass is 283 g/mol. The van der Waals surface area contributed by atoms with Crippen LogP contribution >= 0.6 is 11.8 Å². The summed E-state index contributed by atoms with van der Waals surface area (Å²) in [6.45, 7) is 1.88. The number of nitrogens with one attached hydrogen (secondary N) is 1. The summed E-state index contributed by atoms with van der Waals surface area (Å²) in [5.74, 6) is 1.34. The zero-order valence-corrected chi connectivity index (χ0v) is 11.9. The van der Waals surface area contributed by atoms with Crippen LogP contribution in [0.15, 0.2) is 0 Å². The zero-order valence-electron chi connectivity index (χ0n) is 10.3. The molecule has 0 aliphatic heterocycles. The van der Waals surface area contributed by atoms with Gasteiger partial charge in [0.25, 0.3) is 0 Å². The summed E-state index contributed by atoms with van der Waals surface area (Å²) >= 11 is 1.65. The van der Waals surface area contributed by atoms with E-state index in [-0.39, 0.29) is 5.91 Å². The van der Waals surface area contributed by atoms with Crippen molar-refractivity contribution in [1.82, 2.24) is 9.62 Å². The van der Waals surface area contributed by atoms with Gasteiger partial charge in [0.1, 0.15) is 0 Å². The molecule has 1 amide bonds. The molecule has 0 aromatic carbocycles. The molecular formula is C9H21N3O3S2. The summed E-state index contributed by atoms with van der Waals surface area (Å²) in [6.07, 6.45) is 1.59. The first-order valence-corrected chi connectivity index (χ1v) is 8.32. The van der Waals surface area contributed by atoms with E-state index in [2.05, 4.69) is 5.32 Å². The first kappa shape index (κ1) is 16.7. The van der Waals surface area contributed by atoms with Crippen molar-refractivity contribution in [2.75, 3.05) is 44.4 Å². The lowest BCUT2D eigenvalue weighted by Crippen LogP contribution is -2.33. The Morgan fingerprint density at radius 2 is 2.00 bits per heavy atom. The highest BCUT2D eigenvalue weighted by molar-refractivity contribution is 7.99. The van der Waals surface area contributed by atoms with Crippen molar-refractivity contribution in [3.05, 3.63) is 0 Å². The fraction of sp³-hybridized carbons (Fsp3) is 0.889. The molecule has 0 fully saturated rings. The smallest absolute Gasteiger partial charge is 0.218 e. The molecule has 0 saturated heterocycles. The third kappa shape index (κ3) is 10.6. The van der Waals surface area contributed by atoms with Gasteiger partial charge in [-0.05, 0) is 0 Å². The molecule has 0 atom stereocenters. The molecule has 0 spiro atoms. The number of amides is 1. The van der Waals surface area contributed by atoms with E-state index in [1.807, 2.05) is 0 Å². The molecule has 0 heterocycles. The molecule has 0 aromatic rings. The molecule has 6 nitrogen and oxygen atoms in total. The average molecular weight is 283 g/mol. The van der Waals surface area contributed by atoms with Crippen LogP contribution in [0.3, 0.4) is 0 Å². The largest absolute Gasteiger partial charge is 0.370 e. The maximum atomic E-state index is 11.1. The molecule has 0 rings (SSSR count). The van der Waals surface area contributed by atoms with Crippen LogP contribution in [0.25, 0.3) is 0 Å². The lowest BCUT2D eigenvalue weighted by molar-refractivity contribution is -0.117. The minimum absolute atomic E-state index is 0.278. The average Bonchev–Trinajstić information content (AvgIpc) is 2.19. The first-order chi connectivity index (χ1) is 7.84. The van der Waals surface area contributed by atoms with Gasteiger partial charge in [0.15, 0.2) is 0 Å². The molecule has 0 bridgehead atoms. The van der Waals surface area contributed by atoms with E-state index in [1.54, 1.807) is 18.8 Å². The number of primary amides is 1. The zero-order chi connectivity index (χ0) is 13.3. The lowest BCUT2D eigenvalue weighted by atomic mass is 10.5. The second-order valence-corrected chi connectivity index (χ2v) is 6.98. The number of hydrogen-bond donors (Lipinski definition) is 2. The van der Waals surface area contributed by atoms with E-state index < -0.39 is 10.0 Å². The number of carbonyl (C=O) groups is 1. The van der Waals surface area contributed by atoms with Crippen LogP contribution in [-0.4, -0.2) is 63.1 Å². The SMILES string of the molecule is CN(CCNCCSCCC(N)=O)S(C)(=O)=O. The summed E-state index contributed by atoms with van der Waals surface area (Å²) < 4.78 is 23.4. The maximum absolute atomic E-state index is 11.1. The summed E-state index contributed by atoms with van der Waals surface area (Å²) in [4.78, 5) is 10.4. The Hall–Kier alpha value is -0.310. The van der Waals surface area contributed by atoms with Gasteiger partial charge in [-0.3, -0.25) is 4.79 Å². The highest BCUT2D eigenvalue weighted by atomic mass is 32.2. The van der Waals surface area contributed by atoms with Gasteiger partial charge in [-0.15, -0.1) is 0 Å². The van der Waals surface area contributed by atoms with Crippen molar-refractivity contribution in [1.29, 1.82) is 0 Å². The Morgan fingerprint density at radius 3 is 2.53 bits per heavy atom. The van der Waals surface area contributed by atoms with Gasteiger partial charge in [0.2, 0.25) is 15.9 Å². The molecule has 0 saturated carbocycles. The minimum Gasteiger partial charge on any atom is -0.370 e. The van der Waals surface area contributed by atoms with E-state index in [1.165, 1.54) is 10.6 Å². The number of nitrogens with zero attached hydrogens (tertiary/aromatic N) is 1. The number of rotatable bonds is 10. The van der Waals surface area contributed by atoms with Crippen LogP contribution in [0.4, 0.5) is 0 Å². The predicted molar refractivity (Wildman–Crippen MR) is 71.5 cm³/mol. The third-order valence-corrected chi connectivity index (χ3v) is 4.39. The molecule has 0 radical (unpaired) electrons. The first-order valence-electron chi connectivity index (χ1n) is 5.32. The van der Waals surface area contributed by atoms with E-state index in [4.69, 9.17) is 5.73 Å². The van der Waals surface area contributed by atoms with Crippen molar-refractivity contribution >= 4 is 27.7 Å². The molecule has 3 N–H and O–H groups in total. The Morgan fingerprint density at radius 1 is 1.35 bits per heavy atom. The molecule has 8 heteroatoms. The number of sulfonamides is 1. The van der Waals surface area contributed by atoms with Crippen LogP contribution in [0.2, 0.25) is 0 Å². The Bertz CT molecular complexity index is 319. The molecule has 102 valence electrons. The summed E-state index contributed by atoms with van der Waals surface area (Å²) in [5.41, 5.74) is 5.00. The van der Waals surface area contributed by atoms with Crippen LogP contribution in [0.1, 0.15) is 6.42 Å². The molecule has 0 aliphatic rings. The summed E-state index contributed by atoms with van der Waals surface area (Å²) in [7, 11) is -1.52. The number of carbonyl (C=O) groups excluding carboxylic acids is 1. The van der Waals surface area contributed by atoms with E-state index in [0.29, 0.717) is 19.5 Å². The van der Waals surface area contributed by atoms with Gasteiger partial charge < -0.3 is 11.1 Å². The number of thioether (sulfide) groups is 1. The van der Waals surface area contributed by atoms with Gasteiger partial charge in [-0.1, -0.05) is 0 Å². The Balaban J connectivity index is 3.33. The normalized spacial score (nSPS) is 11.9. The number of hydrogen-bond acceptors (Lipinski definition) is 5. The van der Waals surface area contributed by atoms with Crippen LogP contribution in [0, 0.1) is 0 Å². The van der Waals surface area contributed by atoms with E-state index in [9.17, 15) is 13.2 Å². The standard InChI is InChI=1S/C9H21N3O3S2/c1-12(17(2,14)15)6-4-11-5-8-16-7-3-9(10)13/h11H,3-8H2,1-2H3,(H2,10,13). The molecule has 0 aliphatic carbocycles. The van der Waals surface area contributed by atoms with Gasteiger partial charge in [0, 0.05) is 44.6 Å². The van der Waals surface area contributed by atoms with Gasteiger partial charge in [-0.2, -0.15) is 11.8 Å². The molecular weight excluding hydrogens is 262 g/mol. The topological polar surface area (TPSA) is 92.5 Å². The number of likely N-dealkylation sites (N-methyl/N-ethyl adjacent to an activating group) is 1. The minimum atomic E-state index is -3.08. The summed E-state index contributed by atoms with van der Waals surface area (Å²) in [5, 5.41) is 3.13. The van der Waals surface area contributed by atoms with Crippen molar-refractivity contribution < 1.29 is 13.2 Å². The van der Waals surface area contributed by atoms with Crippen LogP contribution in [-0.2, 0) is 14.8 Å². The van der Waals surface area contributed by atoms with Gasteiger partial charge in [-0.25, -0.2) is 12.7 Å². The maximum Gasteiger partial charge on any atom is 0.218 e. The molecule has 0 unspecified atom stereocenters. The highest BCUT2D eigenvalue weighted by Crippen LogP contribution is 2.00. The van der Waals surface area contributed by atoms with Gasteiger partial charge >= 0.3 is 0 Å². The third-order valence-electron chi connectivity index (χ3n) is 2.09. The summed E-state index contributed by atoms with van der Waals surface area (Å²) in [6, 6.07) is 0. The second kappa shape index (κ2) is 8.73. The van der Waals surface area contributed by atoms with Gasteiger partial charge in [0.05, 0.1) is 6.26 Å². The predicted octanol–water partition coefficient (Wildman–Crippen LogP) is -0.924. The van der Waals surface area contributed by atoms with Crippen molar-refractivity contribution in [3.63, 3.8) is 0 Å². The van der Waals surface area contributed by atoms with Crippen LogP contribution in [0.5, 0.6) is 0 Å². The number of nitrogens with two attached hydrogens (primary N) is 1. The fourth-order valence-corrected chi connectivity index (χ4v) is 2.21. The Kier molecular flexibility index (Phi) is 8.57. The lowest BCUT2D eigenvalue weighted by Gasteiger charge is -2.14. The highest BCUT2D eigenvalue weighted by Gasteiger charge is 2.08.